The minimum absolute atomic E-state index is 0.0718. The van der Waals surface area contributed by atoms with Gasteiger partial charge in [0.25, 0.3) is 11.8 Å². The van der Waals surface area contributed by atoms with Crippen LogP contribution in [-0.4, -0.2) is 24.5 Å². The molecule has 0 bridgehead atoms. The van der Waals surface area contributed by atoms with Crippen molar-refractivity contribution >= 4 is 17.5 Å². The summed E-state index contributed by atoms with van der Waals surface area (Å²) in [6, 6.07) is 16.2. The normalized spacial score (nSPS) is 11.5. The number of furan rings is 1. The number of hydrogen-bond donors (Lipinski definition) is 2. The Kier molecular flexibility index (Phi) is 7.21. The van der Waals surface area contributed by atoms with Crippen LogP contribution in [-0.2, 0) is 11.2 Å². The van der Waals surface area contributed by atoms with Crippen molar-refractivity contribution in [3.8, 4) is 5.75 Å². The molecule has 0 fully saturated rings. The molecule has 30 heavy (non-hydrogen) atoms. The number of amides is 2. The molecule has 0 spiro atoms. The standard InChI is InChI=1S/C23H23FN2O4/c1-16(12-13-17-7-6-14-29-17)25-23(28)18-8-2-5-11-21(18)30-15-22(27)26-20-10-4-3-9-19(20)24/h2-11,14,16H,12-13,15H2,1H3,(H,25,28)(H,26,27). The largest absolute Gasteiger partial charge is 0.483 e. The number of benzene rings is 2. The maximum atomic E-state index is 13.6. The molecular weight excluding hydrogens is 387 g/mol. The lowest BCUT2D eigenvalue weighted by atomic mass is 10.1. The molecule has 0 radical (unpaired) electrons. The van der Waals surface area contributed by atoms with E-state index in [0.29, 0.717) is 18.4 Å². The zero-order chi connectivity index (χ0) is 21.3. The van der Waals surface area contributed by atoms with Gasteiger partial charge in [0.15, 0.2) is 6.61 Å². The van der Waals surface area contributed by atoms with Crippen molar-refractivity contribution < 1.29 is 23.1 Å². The fraction of sp³-hybridized carbons (Fsp3) is 0.217. The highest BCUT2D eigenvalue weighted by molar-refractivity contribution is 5.97. The van der Waals surface area contributed by atoms with E-state index in [1.54, 1.807) is 36.6 Å². The first-order chi connectivity index (χ1) is 14.5. The fourth-order valence-electron chi connectivity index (χ4n) is 2.86. The van der Waals surface area contributed by atoms with Crippen LogP contribution in [0.3, 0.4) is 0 Å². The number of ether oxygens (including phenoxy) is 1. The Balaban J connectivity index is 1.54. The van der Waals surface area contributed by atoms with Gasteiger partial charge < -0.3 is 19.8 Å². The third-order valence-corrected chi connectivity index (χ3v) is 4.42. The average molecular weight is 410 g/mol. The van der Waals surface area contributed by atoms with Crippen LogP contribution in [0.25, 0.3) is 0 Å². The molecule has 0 saturated carbocycles. The molecule has 2 amide bonds. The fourth-order valence-corrected chi connectivity index (χ4v) is 2.86. The first kappa shape index (κ1) is 21.1. The van der Waals surface area contributed by atoms with Gasteiger partial charge in [-0.15, -0.1) is 0 Å². The van der Waals surface area contributed by atoms with Crippen molar-refractivity contribution in [2.24, 2.45) is 0 Å². The summed E-state index contributed by atoms with van der Waals surface area (Å²) in [5.74, 6) is -0.221. The van der Waals surface area contributed by atoms with Crippen LogP contribution < -0.4 is 15.4 Å². The second kappa shape index (κ2) is 10.2. The summed E-state index contributed by atoms with van der Waals surface area (Å²) in [6.07, 6.45) is 3.05. The first-order valence-electron chi connectivity index (χ1n) is 9.62. The maximum absolute atomic E-state index is 13.6. The molecule has 1 unspecified atom stereocenters. The van der Waals surface area contributed by atoms with Gasteiger partial charge in [0.2, 0.25) is 0 Å². The van der Waals surface area contributed by atoms with Crippen molar-refractivity contribution in [3.05, 3.63) is 84.1 Å². The van der Waals surface area contributed by atoms with E-state index in [0.717, 1.165) is 5.76 Å². The van der Waals surface area contributed by atoms with Crippen LogP contribution in [0.5, 0.6) is 5.75 Å². The van der Waals surface area contributed by atoms with Gasteiger partial charge in [-0.2, -0.15) is 0 Å². The van der Waals surface area contributed by atoms with Crippen LogP contribution in [0.2, 0.25) is 0 Å². The molecule has 1 aromatic heterocycles. The molecule has 7 heteroatoms. The summed E-state index contributed by atoms with van der Waals surface area (Å²) in [5, 5.41) is 5.37. The summed E-state index contributed by atoms with van der Waals surface area (Å²) >= 11 is 0. The van der Waals surface area contributed by atoms with Gasteiger partial charge in [-0.05, 0) is 49.7 Å². The minimum Gasteiger partial charge on any atom is -0.483 e. The number of nitrogens with one attached hydrogen (secondary N) is 2. The Bertz CT molecular complexity index is 988. The van der Waals surface area contributed by atoms with Gasteiger partial charge in [-0.1, -0.05) is 24.3 Å². The van der Waals surface area contributed by atoms with E-state index in [-0.39, 0.29) is 30.0 Å². The third kappa shape index (κ3) is 5.94. The van der Waals surface area contributed by atoms with Crippen molar-refractivity contribution in [2.45, 2.75) is 25.8 Å². The summed E-state index contributed by atoms with van der Waals surface area (Å²) in [7, 11) is 0. The first-order valence-corrected chi connectivity index (χ1v) is 9.62. The number of carbonyl (C=O) groups excluding carboxylic acids is 2. The lowest BCUT2D eigenvalue weighted by molar-refractivity contribution is -0.118. The summed E-state index contributed by atoms with van der Waals surface area (Å²) in [5.41, 5.74) is 0.392. The maximum Gasteiger partial charge on any atom is 0.262 e. The zero-order valence-corrected chi connectivity index (χ0v) is 16.6. The van der Waals surface area contributed by atoms with Crippen molar-refractivity contribution in [1.29, 1.82) is 0 Å². The number of aryl methyl sites for hydroxylation is 1. The number of para-hydroxylation sites is 2. The van der Waals surface area contributed by atoms with Gasteiger partial charge in [0.05, 0.1) is 17.5 Å². The molecule has 156 valence electrons. The molecule has 6 nitrogen and oxygen atoms in total. The topological polar surface area (TPSA) is 80.6 Å². The van der Waals surface area contributed by atoms with E-state index < -0.39 is 11.7 Å². The van der Waals surface area contributed by atoms with Gasteiger partial charge in [0, 0.05) is 12.5 Å². The van der Waals surface area contributed by atoms with Crippen molar-refractivity contribution in [3.63, 3.8) is 0 Å². The van der Waals surface area contributed by atoms with E-state index in [2.05, 4.69) is 10.6 Å². The highest BCUT2D eigenvalue weighted by atomic mass is 19.1. The Morgan fingerprint density at radius 2 is 1.83 bits per heavy atom. The second-order valence-corrected chi connectivity index (χ2v) is 6.81. The lowest BCUT2D eigenvalue weighted by Gasteiger charge is -2.15. The van der Waals surface area contributed by atoms with Crippen LogP contribution in [0.4, 0.5) is 10.1 Å². The minimum atomic E-state index is -0.533. The molecule has 0 aliphatic carbocycles. The Morgan fingerprint density at radius 3 is 2.60 bits per heavy atom. The number of anilines is 1. The van der Waals surface area contributed by atoms with Crippen LogP contribution in [0.15, 0.2) is 71.3 Å². The summed E-state index contributed by atoms with van der Waals surface area (Å²) in [4.78, 5) is 24.7. The van der Waals surface area contributed by atoms with Crippen LogP contribution >= 0.6 is 0 Å². The molecule has 2 aromatic carbocycles. The Hall–Kier alpha value is -3.61. The highest BCUT2D eigenvalue weighted by Crippen LogP contribution is 2.19. The molecule has 2 N–H and O–H groups in total. The van der Waals surface area contributed by atoms with E-state index in [4.69, 9.17) is 9.15 Å². The summed E-state index contributed by atoms with van der Waals surface area (Å²) < 4.78 is 24.5. The zero-order valence-electron chi connectivity index (χ0n) is 16.6. The van der Waals surface area contributed by atoms with Crippen LogP contribution in [0, 0.1) is 5.82 Å². The predicted molar refractivity (Wildman–Crippen MR) is 111 cm³/mol. The number of halogens is 1. The predicted octanol–water partition coefficient (Wildman–Crippen LogP) is 4.19. The molecule has 1 heterocycles. The molecule has 1 atom stereocenters. The van der Waals surface area contributed by atoms with Crippen molar-refractivity contribution in [1.82, 2.24) is 5.32 Å². The average Bonchev–Trinajstić information content (AvgIpc) is 3.26. The molecule has 0 aliphatic heterocycles. The van der Waals surface area contributed by atoms with E-state index >= 15 is 0 Å². The monoisotopic (exact) mass is 410 g/mol. The molecular formula is C23H23FN2O4. The Labute approximate surface area is 174 Å². The van der Waals surface area contributed by atoms with E-state index in [9.17, 15) is 14.0 Å². The number of carbonyl (C=O) groups is 2. The lowest BCUT2D eigenvalue weighted by Crippen LogP contribution is -2.33. The van der Waals surface area contributed by atoms with Gasteiger partial charge in [-0.25, -0.2) is 4.39 Å². The van der Waals surface area contributed by atoms with Gasteiger partial charge in [-0.3, -0.25) is 9.59 Å². The molecule has 3 aromatic rings. The van der Waals surface area contributed by atoms with E-state index in [1.807, 2.05) is 19.1 Å². The quantitative estimate of drug-likeness (QED) is 0.554. The SMILES string of the molecule is CC(CCc1ccco1)NC(=O)c1ccccc1OCC(=O)Nc1ccccc1F. The van der Waals surface area contributed by atoms with E-state index in [1.165, 1.54) is 18.2 Å². The highest BCUT2D eigenvalue weighted by Gasteiger charge is 2.16. The smallest absolute Gasteiger partial charge is 0.262 e. The summed E-state index contributed by atoms with van der Waals surface area (Å²) in [6.45, 7) is 1.55. The number of rotatable bonds is 9. The van der Waals surface area contributed by atoms with Gasteiger partial charge >= 0.3 is 0 Å². The van der Waals surface area contributed by atoms with Crippen molar-refractivity contribution in [2.75, 3.05) is 11.9 Å². The number of hydrogen-bond acceptors (Lipinski definition) is 4. The Morgan fingerprint density at radius 1 is 1.07 bits per heavy atom. The third-order valence-electron chi connectivity index (χ3n) is 4.42. The molecule has 3 rings (SSSR count). The molecule has 0 saturated heterocycles. The van der Waals surface area contributed by atoms with Crippen LogP contribution in [0.1, 0.15) is 29.5 Å². The van der Waals surface area contributed by atoms with Gasteiger partial charge in [0.1, 0.15) is 17.3 Å². The molecule has 0 aliphatic rings. The second-order valence-electron chi connectivity index (χ2n) is 6.81.